The number of anilines is 1. The molecule has 1 aliphatic carbocycles. The van der Waals surface area contributed by atoms with Crippen LogP contribution in [0.25, 0.3) is 0 Å². The molecule has 0 aromatic heterocycles. The minimum absolute atomic E-state index is 0.0606. The van der Waals surface area contributed by atoms with E-state index in [9.17, 15) is 18.0 Å². The van der Waals surface area contributed by atoms with E-state index < -0.39 is 33.7 Å². The van der Waals surface area contributed by atoms with Crippen LogP contribution in [0.5, 0.6) is 0 Å². The van der Waals surface area contributed by atoms with Crippen LogP contribution in [0, 0.1) is 11.8 Å². The molecule has 0 spiro atoms. The minimum atomic E-state index is -3.79. The van der Waals surface area contributed by atoms with Gasteiger partial charge < -0.3 is 10.4 Å². The number of nitrogens with two attached hydrogens (primary N) is 1. The molecule has 7 nitrogen and oxygen atoms in total. The summed E-state index contributed by atoms with van der Waals surface area (Å²) in [7, 11) is -3.79. The number of sulfonamides is 1. The van der Waals surface area contributed by atoms with Crippen molar-refractivity contribution >= 4 is 27.6 Å². The molecule has 22 heavy (non-hydrogen) atoms. The highest BCUT2D eigenvalue weighted by Crippen LogP contribution is 2.27. The van der Waals surface area contributed by atoms with Gasteiger partial charge in [-0.1, -0.05) is 12.2 Å². The van der Waals surface area contributed by atoms with Gasteiger partial charge in [-0.15, -0.1) is 0 Å². The molecule has 0 saturated carbocycles. The van der Waals surface area contributed by atoms with E-state index in [2.05, 4.69) is 5.32 Å². The fourth-order valence-electron chi connectivity index (χ4n) is 2.34. The van der Waals surface area contributed by atoms with E-state index in [0.29, 0.717) is 18.5 Å². The van der Waals surface area contributed by atoms with E-state index in [1.54, 1.807) is 12.2 Å². The number of rotatable bonds is 4. The summed E-state index contributed by atoms with van der Waals surface area (Å²) in [6.45, 7) is 0. The lowest BCUT2D eigenvalue weighted by molar-refractivity contribution is -0.146. The maximum absolute atomic E-state index is 12.2. The number of carbonyl (C=O) groups excluding carboxylic acids is 1. The van der Waals surface area contributed by atoms with Crippen LogP contribution in [0.15, 0.2) is 41.3 Å². The molecule has 1 aromatic carbocycles. The first-order chi connectivity index (χ1) is 10.3. The topological polar surface area (TPSA) is 127 Å². The van der Waals surface area contributed by atoms with Gasteiger partial charge in [0.15, 0.2) is 0 Å². The molecule has 1 amide bonds. The molecule has 0 radical (unpaired) electrons. The second kappa shape index (κ2) is 6.29. The van der Waals surface area contributed by atoms with Crippen LogP contribution < -0.4 is 10.5 Å². The molecule has 0 aliphatic heterocycles. The largest absolute Gasteiger partial charge is 0.481 e. The summed E-state index contributed by atoms with van der Waals surface area (Å²) in [6, 6.07) is 5.37. The van der Waals surface area contributed by atoms with Gasteiger partial charge in [0.25, 0.3) is 0 Å². The van der Waals surface area contributed by atoms with Crippen LogP contribution in [-0.4, -0.2) is 25.4 Å². The smallest absolute Gasteiger partial charge is 0.307 e. The van der Waals surface area contributed by atoms with Crippen molar-refractivity contribution < 1.29 is 23.1 Å². The molecule has 0 fully saturated rings. The average Bonchev–Trinajstić information content (AvgIpc) is 2.46. The highest BCUT2D eigenvalue weighted by Gasteiger charge is 2.33. The third-order valence-electron chi connectivity index (χ3n) is 3.54. The second-order valence-electron chi connectivity index (χ2n) is 5.05. The molecule has 4 N–H and O–H groups in total. The number of carboxylic acids is 1. The Hall–Kier alpha value is -2.19. The Kier molecular flexibility index (Phi) is 4.62. The Morgan fingerprint density at radius 3 is 2.14 bits per heavy atom. The van der Waals surface area contributed by atoms with Crippen LogP contribution in [0.3, 0.4) is 0 Å². The predicted molar refractivity (Wildman–Crippen MR) is 79.4 cm³/mol. The Bertz CT molecular complexity index is 709. The Morgan fingerprint density at radius 1 is 1.09 bits per heavy atom. The number of aliphatic carboxylic acids is 1. The number of hydrogen-bond donors (Lipinski definition) is 3. The molecule has 8 heteroatoms. The lowest BCUT2D eigenvalue weighted by Gasteiger charge is -2.24. The number of amides is 1. The summed E-state index contributed by atoms with van der Waals surface area (Å²) in [5.74, 6) is -2.82. The van der Waals surface area contributed by atoms with Gasteiger partial charge >= 0.3 is 5.97 Å². The summed E-state index contributed by atoms with van der Waals surface area (Å²) < 4.78 is 22.3. The van der Waals surface area contributed by atoms with E-state index >= 15 is 0 Å². The first-order valence-corrected chi connectivity index (χ1v) is 8.15. The van der Waals surface area contributed by atoms with E-state index in [4.69, 9.17) is 10.2 Å². The Balaban J connectivity index is 2.11. The number of primary sulfonamides is 1. The molecule has 2 atom stereocenters. The lowest BCUT2D eigenvalue weighted by Crippen LogP contribution is -2.34. The van der Waals surface area contributed by atoms with Crippen molar-refractivity contribution in [1.82, 2.24) is 0 Å². The lowest BCUT2D eigenvalue weighted by atomic mass is 9.82. The first kappa shape index (κ1) is 16.2. The number of benzene rings is 1. The molecule has 0 saturated heterocycles. The van der Waals surface area contributed by atoms with Gasteiger partial charge in [-0.2, -0.15) is 0 Å². The standard InChI is InChI=1S/C14H16N2O5S/c15-22(20,21)10-7-5-9(6-8-10)16-13(17)11-3-1-2-4-12(11)14(18)19/h1-2,5-8,11-12H,3-4H2,(H,16,17)(H,18,19)(H2,15,20,21)/t11-,12+/m0/s1. The Morgan fingerprint density at radius 2 is 1.64 bits per heavy atom. The molecule has 118 valence electrons. The van der Waals surface area contributed by atoms with Crippen molar-refractivity contribution in [2.24, 2.45) is 17.0 Å². The summed E-state index contributed by atoms with van der Waals surface area (Å²) in [5.41, 5.74) is 0.385. The van der Waals surface area contributed by atoms with Gasteiger partial charge in [-0.3, -0.25) is 9.59 Å². The molecular formula is C14H16N2O5S. The maximum atomic E-state index is 12.2. The summed E-state index contributed by atoms with van der Waals surface area (Å²) in [4.78, 5) is 23.3. The molecular weight excluding hydrogens is 308 g/mol. The van der Waals surface area contributed by atoms with Crippen molar-refractivity contribution in [1.29, 1.82) is 0 Å². The zero-order valence-electron chi connectivity index (χ0n) is 11.6. The molecule has 1 aliphatic rings. The van der Waals surface area contributed by atoms with Gasteiger partial charge in [0.1, 0.15) is 0 Å². The quantitative estimate of drug-likeness (QED) is 0.710. The van der Waals surface area contributed by atoms with Gasteiger partial charge in [0.2, 0.25) is 15.9 Å². The van der Waals surface area contributed by atoms with Gasteiger partial charge in [-0.05, 0) is 37.1 Å². The maximum Gasteiger partial charge on any atom is 0.307 e. The SMILES string of the molecule is NS(=O)(=O)c1ccc(NC(=O)[C@H]2CC=CC[C@H]2C(=O)O)cc1. The van der Waals surface area contributed by atoms with E-state index in [-0.39, 0.29) is 4.90 Å². The number of allylic oxidation sites excluding steroid dienone is 2. The highest BCUT2D eigenvalue weighted by molar-refractivity contribution is 7.89. The summed E-state index contributed by atoms with van der Waals surface area (Å²) in [6.07, 6.45) is 4.22. The molecule has 0 unspecified atom stereocenters. The first-order valence-electron chi connectivity index (χ1n) is 6.60. The van der Waals surface area contributed by atoms with Crippen LogP contribution >= 0.6 is 0 Å². The van der Waals surface area contributed by atoms with E-state index in [1.165, 1.54) is 24.3 Å². The molecule has 0 heterocycles. The van der Waals surface area contributed by atoms with Crippen molar-refractivity contribution in [2.45, 2.75) is 17.7 Å². The number of carboxylic acid groups (broad SMARTS) is 1. The zero-order chi connectivity index (χ0) is 16.3. The van der Waals surface area contributed by atoms with Gasteiger partial charge in [0, 0.05) is 5.69 Å². The van der Waals surface area contributed by atoms with E-state index in [0.717, 1.165) is 0 Å². The number of hydrogen-bond acceptors (Lipinski definition) is 4. The molecule has 0 bridgehead atoms. The summed E-state index contributed by atoms with van der Waals surface area (Å²) >= 11 is 0. The second-order valence-corrected chi connectivity index (χ2v) is 6.61. The molecule has 2 rings (SSSR count). The molecule has 1 aromatic rings. The Labute approximate surface area is 127 Å². The van der Waals surface area contributed by atoms with Gasteiger partial charge in [0.05, 0.1) is 16.7 Å². The number of nitrogens with one attached hydrogen (secondary N) is 1. The minimum Gasteiger partial charge on any atom is -0.481 e. The van der Waals surface area contributed by atoms with Crippen molar-refractivity contribution in [3.63, 3.8) is 0 Å². The van der Waals surface area contributed by atoms with Crippen LogP contribution in [0.1, 0.15) is 12.8 Å². The van der Waals surface area contributed by atoms with Crippen LogP contribution in [-0.2, 0) is 19.6 Å². The fraction of sp³-hybridized carbons (Fsp3) is 0.286. The summed E-state index contributed by atoms with van der Waals surface area (Å²) in [5, 5.41) is 16.7. The predicted octanol–water partition coefficient (Wildman–Crippen LogP) is 0.939. The van der Waals surface area contributed by atoms with Crippen LogP contribution in [0.2, 0.25) is 0 Å². The van der Waals surface area contributed by atoms with Crippen molar-refractivity contribution in [3.8, 4) is 0 Å². The zero-order valence-corrected chi connectivity index (χ0v) is 12.4. The number of carbonyl (C=O) groups is 2. The monoisotopic (exact) mass is 324 g/mol. The highest BCUT2D eigenvalue weighted by atomic mass is 32.2. The third-order valence-corrected chi connectivity index (χ3v) is 4.47. The normalized spacial score (nSPS) is 21.3. The van der Waals surface area contributed by atoms with Crippen molar-refractivity contribution in [2.75, 3.05) is 5.32 Å². The van der Waals surface area contributed by atoms with Crippen molar-refractivity contribution in [3.05, 3.63) is 36.4 Å². The fourth-order valence-corrected chi connectivity index (χ4v) is 2.86. The van der Waals surface area contributed by atoms with E-state index in [1.807, 2.05) is 0 Å². The third kappa shape index (κ3) is 3.71. The van der Waals surface area contributed by atoms with Gasteiger partial charge in [-0.25, -0.2) is 13.6 Å². The van der Waals surface area contributed by atoms with Crippen LogP contribution in [0.4, 0.5) is 5.69 Å². The average molecular weight is 324 g/mol.